The van der Waals surface area contributed by atoms with Crippen LogP contribution >= 0.6 is 0 Å². The Hall–Kier alpha value is -0.620. The number of amides is 1. The number of carbonyl (C=O) groups is 1. The molecule has 0 rings (SSSR count). The molecule has 1 N–H and O–H groups in total. The van der Waals surface area contributed by atoms with Crippen LogP contribution in [-0.2, 0) is 14.8 Å². The van der Waals surface area contributed by atoms with Crippen molar-refractivity contribution < 1.29 is 13.2 Å². The lowest BCUT2D eigenvalue weighted by molar-refractivity contribution is -0.128. The highest BCUT2D eigenvalue weighted by molar-refractivity contribution is 7.88. The average molecular weight is 166 g/mol. The maximum absolute atomic E-state index is 10.4. The predicted octanol–water partition coefficient (Wildman–Crippen LogP) is -1.07. The molecule has 1 amide bonds. The minimum Gasteiger partial charge on any atom is -0.274 e. The fraction of sp³-hybridized carbons (Fsp3) is 0.750. The van der Waals surface area contributed by atoms with Gasteiger partial charge in [-0.3, -0.25) is 9.80 Å². The molecule has 0 heterocycles. The van der Waals surface area contributed by atoms with Crippen LogP contribution in [0.1, 0.15) is 6.92 Å². The Morgan fingerprint density at radius 2 is 1.90 bits per heavy atom. The van der Waals surface area contributed by atoms with Crippen molar-refractivity contribution in [2.45, 2.75) is 6.92 Å². The Labute approximate surface area is 60.0 Å². The van der Waals surface area contributed by atoms with Crippen molar-refractivity contribution in [2.24, 2.45) is 0 Å². The first-order valence-electron chi connectivity index (χ1n) is 2.54. The molecule has 0 saturated carbocycles. The molecule has 10 heavy (non-hydrogen) atoms. The second kappa shape index (κ2) is 2.98. The summed E-state index contributed by atoms with van der Waals surface area (Å²) >= 11 is 0. The molecule has 0 aromatic rings. The lowest BCUT2D eigenvalue weighted by Crippen LogP contribution is -2.41. The lowest BCUT2D eigenvalue weighted by atomic mass is 10.7. The molecule has 0 atom stereocenters. The molecule has 0 aliphatic carbocycles. The quantitative estimate of drug-likeness (QED) is 0.531. The van der Waals surface area contributed by atoms with Crippen LogP contribution in [0, 0.1) is 0 Å². The molecular weight excluding hydrogens is 156 g/mol. The topological polar surface area (TPSA) is 66.5 Å². The van der Waals surface area contributed by atoms with Crippen molar-refractivity contribution in [3.63, 3.8) is 0 Å². The van der Waals surface area contributed by atoms with Gasteiger partial charge < -0.3 is 0 Å². The lowest BCUT2D eigenvalue weighted by Gasteiger charge is -2.13. The molecule has 60 valence electrons. The van der Waals surface area contributed by atoms with E-state index >= 15 is 0 Å². The minimum atomic E-state index is -3.31. The highest BCUT2D eigenvalue weighted by Gasteiger charge is 2.06. The Bertz CT molecular complexity index is 221. The zero-order valence-electron chi connectivity index (χ0n) is 6.08. The van der Waals surface area contributed by atoms with Gasteiger partial charge in [-0.05, 0) is 0 Å². The molecule has 0 spiro atoms. The van der Waals surface area contributed by atoms with Crippen molar-refractivity contribution in [2.75, 3.05) is 13.3 Å². The van der Waals surface area contributed by atoms with E-state index in [0.717, 1.165) is 11.3 Å². The van der Waals surface area contributed by atoms with E-state index in [1.165, 1.54) is 14.0 Å². The zero-order valence-corrected chi connectivity index (χ0v) is 6.90. The molecule has 0 aromatic heterocycles. The number of sulfonamides is 1. The molecule has 0 aromatic carbocycles. The summed E-state index contributed by atoms with van der Waals surface area (Å²) in [6.45, 7) is 1.26. The van der Waals surface area contributed by atoms with E-state index in [1.807, 2.05) is 4.83 Å². The highest BCUT2D eigenvalue weighted by atomic mass is 32.2. The van der Waals surface area contributed by atoms with Crippen LogP contribution in [0.25, 0.3) is 0 Å². The standard InChI is InChI=1S/C4H10N2O3S/c1-4(7)6(2)5-10(3,8)9/h5H,1-3H3. The van der Waals surface area contributed by atoms with Gasteiger partial charge in [-0.2, -0.15) is 0 Å². The van der Waals surface area contributed by atoms with Gasteiger partial charge in [0, 0.05) is 14.0 Å². The number of hydrogen-bond acceptors (Lipinski definition) is 3. The van der Waals surface area contributed by atoms with E-state index in [1.54, 1.807) is 0 Å². The van der Waals surface area contributed by atoms with Gasteiger partial charge in [0.25, 0.3) is 0 Å². The summed E-state index contributed by atoms with van der Waals surface area (Å²) < 4.78 is 20.9. The maximum atomic E-state index is 10.4. The fourth-order valence-corrected chi connectivity index (χ4v) is 0.939. The number of rotatable bonds is 2. The Kier molecular flexibility index (Phi) is 2.79. The molecule has 0 bridgehead atoms. The first kappa shape index (κ1) is 9.38. The summed E-state index contributed by atoms with van der Waals surface area (Å²) in [6.07, 6.45) is 0.979. The monoisotopic (exact) mass is 166 g/mol. The molecule has 0 unspecified atom stereocenters. The second-order valence-electron chi connectivity index (χ2n) is 1.94. The Morgan fingerprint density at radius 3 is 2.00 bits per heavy atom. The molecule has 5 nitrogen and oxygen atoms in total. The number of nitrogens with one attached hydrogen (secondary N) is 1. The van der Waals surface area contributed by atoms with Crippen molar-refractivity contribution in [3.8, 4) is 0 Å². The van der Waals surface area contributed by atoms with Crippen LogP contribution in [0.3, 0.4) is 0 Å². The third kappa shape index (κ3) is 4.28. The highest BCUT2D eigenvalue weighted by Crippen LogP contribution is 1.80. The van der Waals surface area contributed by atoms with E-state index < -0.39 is 10.0 Å². The molecule has 0 saturated heterocycles. The smallest absolute Gasteiger partial charge is 0.234 e. The summed E-state index contributed by atoms with van der Waals surface area (Å²) in [5.74, 6) is -0.356. The summed E-state index contributed by atoms with van der Waals surface area (Å²) in [5.41, 5.74) is 0. The molecule has 0 radical (unpaired) electrons. The number of hydrogen-bond donors (Lipinski definition) is 1. The van der Waals surface area contributed by atoms with Gasteiger partial charge in [0.2, 0.25) is 15.9 Å². The third-order valence-electron chi connectivity index (χ3n) is 0.775. The molecular formula is C4H10N2O3S. The van der Waals surface area contributed by atoms with E-state index in [2.05, 4.69) is 0 Å². The predicted molar refractivity (Wildman–Crippen MR) is 36.4 cm³/mol. The SMILES string of the molecule is CC(=O)N(C)NS(C)(=O)=O. The van der Waals surface area contributed by atoms with Crippen molar-refractivity contribution in [3.05, 3.63) is 0 Å². The second-order valence-corrected chi connectivity index (χ2v) is 3.67. The number of carbonyl (C=O) groups excluding carboxylic acids is 1. The average Bonchev–Trinajstić information content (AvgIpc) is 1.60. The van der Waals surface area contributed by atoms with Gasteiger partial charge in [-0.25, -0.2) is 8.42 Å². The maximum Gasteiger partial charge on any atom is 0.234 e. The Morgan fingerprint density at radius 1 is 1.50 bits per heavy atom. The van der Waals surface area contributed by atoms with E-state index in [0.29, 0.717) is 0 Å². The summed E-state index contributed by atoms with van der Waals surface area (Å²) in [5, 5.41) is 0.898. The van der Waals surface area contributed by atoms with Crippen LogP contribution in [0.15, 0.2) is 0 Å². The summed E-state index contributed by atoms with van der Waals surface area (Å²) in [7, 11) is -1.98. The van der Waals surface area contributed by atoms with E-state index in [9.17, 15) is 13.2 Å². The normalized spacial score (nSPS) is 11.1. The number of nitrogens with zero attached hydrogens (tertiary/aromatic N) is 1. The van der Waals surface area contributed by atoms with Gasteiger partial charge in [0.05, 0.1) is 6.26 Å². The fourth-order valence-electron chi connectivity index (χ4n) is 0.313. The summed E-state index contributed by atoms with van der Waals surface area (Å²) in [4.78, 5) is 12.4. The molecule has 0 aliphatic rings. The van der Waals surface area contributed by atoms with Gasteiger partial charge in [-0.1, -0.05) is 0 Å². The van der Waals surface area contributed by atoms with Crippen molar-refractivity contribution in [1.82, 2.24) is 9.84 Å². The minimum absolute atomic E-state index is 0.356. The molecule has 6 heteroatoms. The van der Waals surface area contributed by atoms with Gasteiger partial charge in [0.1, 0.15) is 0 Å². The third-order valence-corrected chi connectivity index (χ3v) is 1.38. The molecule has 0 aliphatic heterocycles. The summed E-state index contributed by atoms with van der Waals surface area (Å²) in [6, 6.07) is 0. The van der Waals surface area contributed by atoms with Gasteiger partial charge >= 0.3 is 0 Å². The molecule has 0 fully saturated rings. The largest absolute Gasteiger partial charge is 0.274 e. The van der Waals surface area contributed by atoms with Crippen LogP contribution in [0.2, 0.25) is 0 Å². The first-order valence-corrected chi connectivity index (χ1v) is 4.44. The van der Waals surface area contributed by atoms with Crippen LogP contribution < -0.4 is 4.83 Å². The van der Waals surface area contributed by atoms with Crippen LogP contribution in [-0.4, -0.2) is 32.6 Å². The van der Waals surface area contributed by atoms with Gasteiger partial charge in [-0.15, -0.1) is 4.83 Å². The number of hydrazine groups is 1. The van der Waals surface area contributed by atoms with Crippen LogP contribution in [0.4, 0.5) is 0 Å². The van der Waals surface area contributed by atoms with Crippen molar-refractivity contribution >= 4 is 15.9 Å². The first-order chi connectivity index (χ1) is 4.33. The van der Waals surface area contributed by atoms with Crippen LogP contribution in [0.5, 0.6) is 0 Å². The van der Waals surface area contributed by atoms with E-state index in [-0.39, 0.29) is 5.91 Å². The van der Waals surface area contributed by atoms with Crippen molar-refractivity contribution in [1.29, 1.82) is 0 Å². The Balaban J connectivity index is 4.06. The van der Waals surface area contributed by atoms with Gasteiger partial charge in [0.15, 0.2) is 0 Å². The zero-order chi connectivity index (χ0) is 8.36. The van der Waals surface area contributed by atoms with E-state index in [4.69, 9.17) is 0 Å².